The van der Waals surface area contributed by atoms with Gasteiger partial charge in [-0.3, -0.25) is 4.79 Å². The number of hydrogen-bond donors (Lipinski definition) is 1. The number of nitrogens with zero attached hydrogens (tertiary/aromatic N) is 2. The van der Waals surface area contributed by atoms with E-state index in [0.717, 1.165) is 37.4 Å². The van der Waals surface area contributed by atoms with E-state index in [1.165, 1.54) is 10.6 Å². The number of hydrogen-bond acceptors (Lipinski definition) is 4. The molecule has 1 aliphatic carbocycles. The largest absolute Gasteiger partial charge is 0.338 e. The molecular formula is C13H20ClN3OS. The van der Waals surface area contributed by atoms with Gasteiger partial charge >= 0.3 is 0 Å². The van der Waals surface area contributed by atoms with Gasteiger partial charge in [-0.25, -0.2) is 4.98 Å². The standard InChI is InChI=1S/C13H19N3OS.ClH/c1-8-15-10-4-3-5-11(12(10)18-8)16(2)13(17)9-6-14-7-9;/h9,11,14H,3-7H2,1-2H3;1H. The average molecular weight is 302 g/mol. The molecule has 1 amide bonds. The third kappa shape index (κ3) is 2.64. The van der Waals surface area contributed by atoms with Gasteiger partial charge < -0.3 is 10.2 Å². The van der Waals surface area contributed by atoms with Crippen molar-refractivity contribution in [3.05, 3.63) is 15.6 Å². The summed E-state index contributed by atoms with van der Waals surface area (Å²) in [5.41, 5.74) is 1.22. The molecule has 1 N–H and O–H groups in total. The quantitative estimate of drug-likeness (QED) is 0.908. The van der Waals surface area contributed by atoms with Crippen molar-refractivity contribution in [2.45, 2.75) is 32.2 Å². The number of carbonyl (C=O) groups excluding carboxylic acids is 1. The van der Waals surface area contributed by atoms with E-state index in [9.17, 15) is 4.79 Å². The molecule has 4 nitrogen and oxygen atoms in total. The smallest absolute Gasteiger partial charge is 0.228 e. The van der Waals surface area contributed by atoms with E-state index in [0.29, 0.717) is 0 Å². The Labute approximate surface area is 124 Å². The van der Waals surface area contributed by atoms with Crippen LogP contribution in [0, 0.1) is 12.8 Å². The highest BCUT2D eigenvalue weighted by Gasteiger charge is 2.34. The van der Waals surface area contributed by atoms with Crippen LogP contribution < -0.4 is 5.32 Å². The maximum atomic E-state index is 12.3. The molecule has 0 radical (unpaired) electrons. The molecule has 0 spiro atoms. The van der Waals surface area contributed by atoms with Crippen LogP contribution in [0.5, 0.6) is 0 Å². The van der Waals surface area contributed by atoms with E-state index in [1.807, 2.05) is 11.9 Å². The van der Waals surface area contributed by atoms with Crippen molar-refractivity contribution in [1.82, 2.24) is 15.2 Å². The Hall–Kier alpha value is -0.650. The number of nitrogens with one attached hydrogen (secondary N) is 1. The van der Waals surface area contributed by atoms with Gasteiger partial charge in [0.1, 0.15) is 0 Å². The Morgan fingerprint density at radius 1 is 1.47 bits per heavy atom. The Balaban J connectivity index is 0.00000133. The third-order valence-corrected chi connectivity index (χ3v) is 5.09. The first-order valence-electron chi connectivity index (χ1n) is 6.60. The number of rotatable bonds is 2. The summed E-state index contributed by atoms with van der Waals surface area (Å²) in [5, 5.41) is 4.29. The van der Waals surface area contributed by atoms with E-state index in [-0.39, 0.29) is 30.3 Å². The molecule has 1 aromatic heterocycles. The normalized spacial score (nSPS) is 22.1. The van der Waals surface area contributed by atoms with E-state index in [4.69, 9.17) is 0 Å². The van der Waals surface area contributed by atoms with Gasteiger partial charge in [0.05, 0.1) is 27.5 Å². The van der Waals surface area contributed by atoms with Crippen LogP contribution in [-0.2, 0) is 11.2 Å². The minimum atomic E-state index is 0. The van der Waals surface area contributed by atoms with Gasteiger partial charge in [-0.1, -0.05) is 0 Å². The lowest BCUT2D eigenvalue weighted by atomic mass is 9.94. The minimum absolute atomic E-state index is 0. The maximum Gasteiger partial charge on any atom is 0.228 e. The highest BCUT2D eigenvalue weighted by Crippen LogP contribution is 2.37. The van der Waals surface area contributed by atoms with Crippen molar-refractivity contribution in [2.75, 3.05) is 20.1 Å². The predicted octanol–water partition coefficient (Wildman–Crippen LogP) is 1.93. The van der Waals surface area contributed by atoms with Crippen LogP contribution in [0.4, 0.5) is 0 Å². The summed E-state index contributed by atoms with van der Waals surface area (Å²) in [6, 6.07) is 0.257. The lowest BCUT2D eigenvalue weighted by molar-refractivity contribution is -0.138. The molecule has 1 aliphatic heterocycles. The summed E-state index contributed by atoms with van der Waals surface area (Å²) in [4.78, 5) is 20.2. The molecule has 6 heteroatoms. The molecule has 1 saturated heterocycles. The number of aryl methyl sites for hydroxylation is 2. The topological polar surface area (TPSA) is 45.2 Å². The van der Waals surface area contributed by atoms with Gasteiger partial charge in [-0.05, 0) is 26.2 Å². The molecule has 1 aromatic rings. The second-order valence-corrected chi connectivity index (χ2v) is 6.49. The minimum Gasteiger partial charge on any atom is -0.338 e. The zero-order valence-corrected chi connectivity index (χ0v) is 12.9. The van der Waals surface area contributed by atoms with Gasteiger partial charge in [0, 0.05) is 20.1 Å². The molecule has 1 atom stereocenters. The molecule has 2 aliphatic rings. The predicted molar refractivity (Wildman–Crippen MR) is 78.9 cm³/mol. The van der Waals surface area contributed by atoms with Crippen LogP contribution in [0.3, 0.4) is 0 Å². The van der Waals surface area contributed by atoms with E-state index < -0.39 is 0 Å². The molecular weight excluding hydrogens is 282 g/mol. The first kappa shape index (κ1) is 14.8. The second kappa shape index (κ2) is 5.77. The highest BCUT2D eigenvalue weighted by molar-refractivity contribution is 7.11. The van der Waals surface area contributed by atoms with E-state index >= 15 is 0 Å². The van der Waals surface area contributed by atoms with Crippen LogP contribution in [0.15, 0.2) is 0 Å². The van der Waals surface area contributed by atoms with E-state index in [1.54, 1.807) is 11.3 Å². The van der Waals surface area contributed by atoms with Crippen molar-refractivity contribution in [3.8, 4) is 0 Å². The number of fused-ring (bicyclic) bond motifs is 1. The van der Waals surface area contributed by atoms with Crippen LogP contribution in [-0.4, -0.2) is 35.9 Å². The summed E-state index contributed by atoms with van der Waals surface area (Å²) in [7, 11) is 1.95. The lowest BCUT2D eigenvalue weighted by Gasteiger charge is -2.36. The van der Waals surface area contributed by atoms with Crippen LogP contribution in [0.2, 0.25) is 0 Å². The van der Waals surface area contributed by atoms with Crippen molar-refractivity contribution in [2.24, 2.45) is 5.92 Å². The Bertz CT molecular complexity index is 472. The fraction of sp³-hybridized carbons (Fsp3) is 0.692. The van der Waals surface area contributed by atoms with Crippen LogP contribution in [0.1, 0.15) is 34.5 Å². The molecule has 0 bridgehead atoms. The van der Waals surface area contributed by atoms with Gasteiger partial charge in [0.25, 0.3) is 0 Å². The molecule has 19 heavy (non-hydrogen) atoms. The van der Waals surface area contributed by atoms with Gasteiger partial charge in [-0.15, -0.1) is 23.7 Å². The highest BCUT2D eigenvalue weighted by atomic mass is 35.5. The van der Waals surface area contributed by atoms with Crippen molar-refractivity contribution < 1.29 is 4.79 Å². The number of aromatic nitrogens is 1. The van der Waals surface area contributed by atoms with Crippen LogP contribution >= 0.6 is 23.7 Å². The molecule has 106 valence electrons. The van der Waals surface area contributed by atoms with Gasteiger partial charge in [0.2, 0.25) is 5.91 Å². The Morgan fingerprint density at radius 2 is 2.21 bits per heavy atom. The third-order valence-electron chi connectivity index (χ3n) is 3.97. The number of thiazole rings is 1. The molecule has 2 heterocycles. The van der Waals surface area contributed by atoms with Crippen LogP contribution in [0.25, 0.3) is 0 Å². The number of amides is 1. The molecule has 0 aromatic carbocycles. The Morgan fingerprint density at radius 3 is 2.84 bits per heavy atom. The fourth-order valence-electron chi connectivity index (χ4n) is 2.79. The maximum absolute atomic E-state index is 12.3. The molecule has 1 fully saturated rings. The van der Waals surface area contributed by atoms with Gasteiger partial charge in [-0.2, -0.15) is 0 Å². The zero-order valence-electron chi connectivity index (χ0n) is 11.3. The SMILES string of the molecule is Cc1nc2c(s1)C(N(C)C(=O)C1CNC1)CCC2.Cl. The Kier molecular flexibility index (Phi) is 4.48. The lowest BCUT2D eigenvalue weighted by Crippen LogP contribution is -2.51. The van der Waals surface area contributed by atoms with E-state index in [2.05, 4.69) is 17.2 Å². The first-order chi connectivity index (χ1) is 8.66. The summed E-state index contributed by atoms with van der Waals surface area (Å²) in [6.07, 6.45) is 3.29. The summed E-state index contributed by atoms with van der Waals surface area (Å²) < 4.78 is 0. The van der Waals surface area contributed by atoms with Gasteiger partial charge in [0.15, 0.2) is 0 Å². The number of halogens is 1. The summed E-state index contributed by atoms with van der Waals surface area (Å²) in [5.74, 6) is 0.479. The zero-order chi connectivity index (χ0) is 12.7. The molecule has 3 rings (SSSR count). The summed E-state index contributed by atoms with van der Waals surface area (Å²) in [6.45, 7) is 3.73. The average Bonchev–Trinajstić information content (AvgIpc) is 2.65. The number of carbonyl (C=O) groups is 1. The monoisotopic (exact) mass is 301 g/mol. The first-order valence-corrected chi connectivity index (χ1v) is 7.42. The van der Waals surface area contributed by atoms with Crippen molar-refractivity contribution in [1.29, 1.82) is 0 Å². The summed E-state index contributed by atoms with van der Waals surface area (Å²) >= 11 is 1.76. The molecule has 1 unspecified atom stereocenters. The van der Waals surface area contributed by atoms with Crippen molar-refractivity contribution in [3.63, 3.8) is 0 Å². The molecule has 0 saturated carbocycles. The van der Waals surface area contributed by atoms with Crippen molar-refractivity contribution >= 4 is 29.7 Å². The fourth-order valence-corrected chi connectivity index (χ4v) is 3.95. The second-order valence-electron chi connectivity index (χ2n) is 5.26.